The first-order chi connectivity index (χ1) is 23.8. The number of carbonyl (C=O) groups is 5. The highest BCUT2D eigenvalue weighted by Gasteiger charge is 2.43. The average molecular weight is 711 g/mol. The fraction of sp³-hybridized carbons (Fsp3) is 0.632. The topological polar surface area (TPSA) is 135 Å². The number of methoxy groups -OCH3 is 1. The summed E-state index contributed by atoms with van der Waals surface area (Å²) in [5.74, 6) is -1.72. The van der Waals surface area contributed by atoms with Crippen molar-refractivity contribution in [1.82, 2.24) is 20.1 Å². The second-order valence-corrected chi connectivity index (χ2v) is 15.3. The number of nitrogens with zero attached hydrogens (tertiary/aromatic N) is 3. The molecule has 1 saturated carbocycles. The molecule has 11 nitrogen and oxygen atoms in total. The molecule has 1 aliphatic heterocycles. The molecule has 2 amide bonds. The van der Waals surface area contributed by atoms with Crippen molar-refractivity contribution in [2.75, 3.05) is 27.7 Å². The van der Waals surface area contributed by atoms with E-state index in [0.717, 1.165) is 37.8 Å². The van der Waals surface area contributed by atoms with Crippen LogP contribution >= 0.6 is 11.3 Å². The summed E-state index contributed by atoms with van der Waals surface area (Å²) < 4.78 is 10.7. The first-order valence-corrected chi connectivity index (χ1v) is 18.7. The number of ether oxygens (including phenoxy) is 2. The van der Waals surface area contributed by atoms with Crippen LogP contribution in [0.1, 0.15) is 99.8 Å². The summed E-state index contributed by atoms with van der Waals surface area (Å²) >= 11 is 1.22. The van der Waals surface area contributed by atoms with E-state index in [0.29, 0.717) is 17.8 Å². The number of Topliss-reactive ketones (excluding diaryl/α,β-unsaturated/α-hetero) is 1. The van der Waals surface area contributed by atoms with E-state index < -0.39 is 23.9 Å². The van der Waals surface area contributed by atoms with E-state index >= 15 is 0 Å². The van der Waals surface area contributed by atoms with E-state index in [-0.39, 0.29) is 72.1 Å². The van der Waals surface area contributed by atoms with Gasteiger partial charge in [-0.2, -0.15) is 0 Å². The number of amides is 2. The first-order valence-electron chi connectivity index (χ1n) is 17.8. The fourth-order valence-corrected chi connectivity index (χ4v) is 8.00. The van der Waals surface area contributed by atoms with Crippen molar-refractivity contribution >= 4 is 40.9 Å². The van der Waals surface area contributed by atoms with Gasteiger partial charge in [-0.3, -0.25) is 28.9 Å². The van der Waals surface area contributed by atoms with Gasteiger partial charge >= 0.3 is 11.9 Å². The number of likely N-dealkylation sites (N-methyl/N-ethyl adjacent to an activating group) is 1. The highest BCUT2D eigenvalue weighted by atomic mass is 32.1. The molecule has 50 heavy (non-hydrogen) atoms. The molecule has 2 fully saturated rings. The van der Waals surface area contributed by atoms with Crippen LogP contribution in [0.25, 0.3) is 0 Å². The van der Waals surface area contributed by atoms with Gasteiger partial charge in [-0.05, 0) is 69.5 Å². The van der Waals surface area contributed by atoms with E-state index in [1.165, 1.54) is 25.4 Å². The molecule has 0 spiro atoms. The molecule has 0 radical (unpaired) electrons. The molecule has 1 aromatic carbocycles. The third-order valence-electron chi connectivity index (χ3n) is 10.1. The molecule has 1 saturated heterocycles. The Hall–Kier alpha value is -3.64. The van der Waals surface area contributed by atoms with Gasteiger partial charge < -0.3 is 19.7 Å². The van der Waals surface area contributed by atoms with Gasteiger partial charge in [0.05, 0.1) is 19.1 Å². The molecule has 0 bridgehead atoms. The molecule has 2 aliphatic rings. The largest absolute Gasteiger partial charge is 0.469 e. The summed E-state index contributed by atoms with van der Waals surface area (Å²) in [5, 5.41) is 5.14. The molecular formula is C38H54N4O7S. The van der Waals surface area contributed by atoms with Gasteiger partial charge in [0.15, 0.2) is 11.9 Å². The number of carbonyl (C=O) groups excluding carboxylic acids is 5. The van der Waals surface area contributed by atoms with Crippen LogP contribution in [0.3, 0.4) is 0 Å². The molecule has 12 heteroatoms. The summed E-state index contributed by atoms with van der Waals surface area (Å²) in [6.07, 6.45) is 4.36. The molecule has 1 N–H and O–H groups in total. The summed E-state index contributed by atoms with van der Waals surface area (Å²) in [7, 11) is 5.10. The zero-order valence-corrected chi connectivity index (χ0v) is 31.4. The van der Waals surface area contributed by atoms with E-state index in [4.69, 9.17) is 9.47 Å². The maximum absolute atomic E-state index is 14.1. The third kappa shape index (κ3) is 10.7. The summed E-state index contributed by atoms with van der Waals surface area (Å²) in [6, 6.07) is 8.92. The van der Waals surface area contributed by atoms with Crippen LogP contribution in [0.2, 0.25) is 0 Å². The monoisotopic (exact) mass is 710 g/mol. The first kappa shape index (κ1) is 39.2. The minimum Gasteiger partial charge on any atom is -0.469 e. The Labute approximate surface area is 300 Å². The number of aromatic nitrogens is 1. The van der Waals surface area contributed by atoms with Gasteiger partial charge in [-0.1, -0.05) is 51.1 Å². The lowest BCUT2D eigenvalue weighted by Crippen LogP contribution is -2.46. The zero-order valence-electron chi connectivity index (χ0n) is 30.6. The smallest absolute Gasteiger partial charge is 0.308 e. The van der Waals surface area contributed by atoms with Crippen LogP contribution in [0.5, 0.6) is 0 Å². The van der Waals surface area contributed by atoms with Crippen LogP contribution in [-0.2, 0) is 35.1 Å². The normalized spacial score (nSPS) is 19.2. The Bertz CT molecular complexity index is 1480. The molecule has 274 valence electrons. The third-order valence-corrected chi connectivity index (χ3v) is 11.1. The van der Waals surface area contributed by atoms with Crippen LogP contribution in [0.4, 0.5) is 0 Å². The Morgan fingerprint density at radius 1 is 1.06 bits per heavy atom. The summed E-state index contributed by atoms with van der Waals surface area (Å²) in [6.45, 7) is 8.04. The van der Waals surface area contributed by atoms with Crippen molar-refractivity contribution < 1.29 is 33.4 Å². The number of hydrogen-bond donors (Lipinski definition) is 1. The lowest BCUT2D eigenvalue weighted by atomic mass is 9.90. The number of esters is 2. The fourth-order valence-electron chi connectivity index (χ4n) is 7.16. The van der Waals surface area contributed by atoms with Crippen LogP contribution in [-0.4, -0.2) is 90.2 Å². The van der Waals surface area contributed by atoms with Gasteiger partial charge in [0.2, 0.25) is 5.91 Å². The molecule has 1 aromatic heterocycles. The number of ketones is 1. The second kappa shape index (κ2) is 18.0. The van der Waals surface area contributed by atoms with E-state index in [1.54, 1.807) is 24.3 Å². The highest BCUT2D eigenvalue weighted by Crippen LogP contribution is 2.41. The number of rotatable bonds is 18. The number of thiazole rings is 1. The predicted molar refractivity (Wildman–Crippen MR) is 191 cm³/mol. The molecule has 6 atom stereocenters. The number of hydrogen-bond acceptors (Lipinski definition) is 10. The summed E-state index contributed by atoms with van der Waals surface area (Å²) in [5.41, 5.74) is 1.20. The molecule has 0 unspecified atom stereocenters. The van der Waals surface area contributed by atoms with Gasteiger partial charge in [-0.25, -0.2) is 4.98 Å². The molecule has 2 heterocycles. The van der Waals surface area contributed by atoms with Crippen molar-refractivity contribution in [1.29, 1.82) is 0 Å². The van der Waals surface area contributed by atoms with Crippen LogP contribution in [0.15, 0.2) is 35.7 Å². The predicted octanol–water partition coefficient (Wildman–Crippen LogP) is 5.24. The number of likely N-dealkylation sites (tertiary alicyclic amines) is 1. The lowest BCUT2D eigenvalue weighted by Gasteiger charge is -2.36. The zero-order chi connectivity index (χ0) is 36.5. The molecule has 2 aromatic rings. The maximum atomic E-state index is 14.1. The minimum absolute atomic E-state index is 0.0109. The molecule has 1 aliphatic carbocycles. The standard InChI is InChI=1S/C38H54N4O7S/c1-23(2)32(42(6)37(46)29(27-15-16-27)20-33(44)31-14-11-17-41(31)5)21-34(49-25(4)43)36-40-30(22-50-36)35(45)39-28(18-24(3)38(47)48-7)19-26-12-9-8-10-13-26/h8-10,12-13,22-24,27-29,31-32,34H,11,14-21H2,1-7H3,(H,39,45)/t24-,28+,29-,31+,32+,34+/m0/s1. The maximum Gasteiger partial charge on any atom is 0.308 e. The second-order valence-electron chi connectivity index (χ2n) is 14.4. The van der Waals surface area contributed by atoms with Crippen molar-refractivity contribution in [2.24, 2.45) is 23.7 Å². The minimum atomic E-state index is -0.783. The number of benzene rings is 1. The van der Waals surface area contributed by atoms with Crippen molar-refractivity contribution in [3.63, 3.8) is 0 Å². The van der Waals surface area contributed by atoms with Crippen molar-refractivity contribution in [3.05, 3.63) is 52.0 Å². The van der Waals surface area contributed by atoms with Crippen LogP contribution < -0.4 is 5.32 Å². The summed E-state index contributed by atoms with van der Waals surface area (Å²) in [4.78, 5) is 73.9. The average Bonchev–Trinajstić information content (AvgIpc) is 3.62. The van der Waals surface area contributed by atoms with Gasteiger partial charge in [-0.15, -0.1) is 11.3 Å². The Kier molecular flexibility index (Phi) is 14.1. The quantitative estimate of drug-likeness (QED) is 0.206. The van der Waals surface area contributed by atoms with Gasteiger partial charge in [0.25, 0.3) is 5.91 Å². The Balaban J connectivity index is 1.49. The van der Waals surface area contributed by atoms with E-state index in [9.17, 15) is 24.0 Å². The lowest BCUT2D eigenvalue weighted by molar-refractivity contribution is -0.149. The Morgan fingerprint density at radius 2 is 1.76 bits per heavy atom. The molecule has 4 rings (SSSR count). The van der Waals surface area contributed by atoms with Crippen LogP contribution in [0, 0.1) is 23.7 Å². The molecular weight excluding hydrogens is 657 g/mol. The number of nitrogens with one attached hydrogen (secondary N) is 1. The van der Waals surface area contributed by atoms with E-state index in [1.807, 2.05) is 51.2 Å². The van der Waals surface area contributed by atoms with Crippen molar-refractivity contribution in [2.45, 2.75) is 103 Å². The SMILES string of the molecule is COC(=O)[C@@H](C)C[C@H](Cc1ccccc1)NC(=O)c1csc([C@@H](C[C@H](C(C)C)N(C)C(=O)[C@@H](CC(=O)[C@H]2CCCN2C)C2CC2)OC(C)=O)n1. The van der Waals surface area contributed by atoms with Crippen molar-refractivity contribution in [3.8, 4) is 0 Å². The Morgan fingerprint density at radius 3 is 2.34 bits per heavy atom. The highest BCUT2D eigenvalue weighted by molar-refractivity contribution is 7.09. The van der Waals surface area contributed by atoms with Gasteiger partial charge in [0, 0.05) is 50.2 Å². The van der Waals surface area contributed by atoms with Gasteiger partial charge in [0.1, 0.15) is 10.7 Å². The van der Waals surface area contributed by atoms with E-state index in [2.05, 4.69) is 15.2 Å².